The van der Waals surface area contributed by atoms with Crippen molar-refractivity contribution in [3.8, 4) is 5.82 Å². The number of allylic oxidation sites excluding steroid dienone is 2. The number of aromatic nitrogens is 5. The van der Waals surface area contributed by atoms with Crippen molar-refractivity contribution in [3.05, 3.63) is 59.7 Å². The van der Waals surface area contributed by atoms with Crippen LogP contribution in [0.15, 0.2) is 58.5 Å². The van der Waals surface area contributed by atoms with Crippen LogP contribution in [0.3, 0.4) is 0 Å². The molecule has 0 saturated carbocycles. The van der Waals surface area contributed by atoms with Gasteiger partial charge in [-0.3, -0.25) is 4.79 Å². The van der Waals surface area contributed by atoms with E-state index in [0.717, 1.165) is 5.70 Å². The summed E-state index contributed by atoms with van der Waals surface area (Å²) in [5.74, 6) is 1.06. The Labute approximate surface area is 169 Å². The predicted molar refractivity (Wildman–Crippen MR) is 116 cm³/mol. The van der Waals surface area contributed by atoms with Crippen LogP contribution >= 0.6 is 0 Å². The number of pyridine rings is 1. The first-order valence-electron chi connectivity index (χ1n) is 8.92. The van der Waals surface area contributed by atoms with E-state index < -0.39 is 9.73 Å². The van der Waals surface area contributed by atoms with Crippen molar-refractivity contribution in [2.24, 2.45) is 4.36 Å². The molecule has 1 N–H and O–H groups in total. The van der Waals surface area contributed by atoms with E-state index in [-0.39, 0.29) is 12.1 Å². The summed E-state index contributed by atoms with van der Waals surface area (Å²) in [6.45, 7) is 9.83. The largest absolute Gasteiger partial charge is 0.328 e. The SMILES string of the molecule is C=CCn1c(=O)c2cnc(NC(=C)CC)nc2n1-c1cccc(N=S(C)(C)=O)n1. The van der Waals surface area contributed by atoms with Gasteiger partial charge in [-0.1, -0.05) is 25.6 Å². The van der Waals surface area contributed by atoms with Crippen LogP contribution in [0.5, 0.6) is 0 Å². The zero-order chi connectivity index (χ0) is 21.2. The minimum atomic E-state index is -2.38. The summed E-state index contributed by atoms with van der Waals surface area (Å²) >= 11 is 0. The highest BCUT2D eigenvalue weighted by Gasteiger charge is 2.18. The quantitative estimate of drug-likeness (QED) is 0.597. The maximum Gasteiger partial charge on any atom is 0.278 e. The van der Waals surface area contributed by atoms with Gasteiger partial charge in [0.2, 0.25) is 5.95 Å². The molecule has 3 rings (SSSR count). The zero-order valence-corrected chi connectivity index (χ0v) is 17.4. The normalized spacial score (nSPS) is 11.4. The topological polar surface area (TPSA) is 107 Å². The molecule has 3 aromatic heterocycles. The Morgan fingerprint density at radius 3 is 2.76 bits per heavy atom. The van der Waals surface area contributed by atoms with E-state index in [0.29, 0.717) is 35.0 Å². The number of rotatable bonds is 7. The van der Waals surface area contributed by atoms with Crippen LogP contribution in [0.4, 0.5) is 11.8 Å². The third-order valence-corrected chi connectivity index (χ3v) is 4.57. The number of anilines is 1. The van der Waals surface area contributed by atoms with E-state index in [4.69, 9.17) is 0 Å². The summed E-state index contributed by atoms with van der Waals surface area (Å²) in [6.07, 6.45) is 6.87. The van der Waals surface area contributed by atoms with Gasteiger partial charge in [0.25, 0.3) is 5.56 Å². The van der Waals surface area contributed by atoms with Gasteiger partial charge in [0.05, 0.1) is 6.54 Å². The Hall–Kier alpha value is -3.27. The molecule has 3 heterocycles. The molecule has 0 aliphatic heterocycles. The lowest BCUT2D eigenvalue weighted by Gasteiger charge is -2.11. The summed E-state index contributed by atoms with van der Waals surface area (Å²) in [6, 6.07) is 5.12. The summed E-state index contributed by atoms with van der Waals surface area (Å²) in [4.78, 5) is 26.1. The molecule has 152 valence electrons. The van der Waals surface area contributed by atoms with Crippen LogP contribution in [0.25, 0.3) is 16.9 Å². The van der Waals surface area contributed by atoms with Gasteiger partial charge in [0.15, 0.2) is 17.3 Å². The Bertz CT molecular complexity index is 1270. The van der Waals surface area contributed by atoms with Gasteiger partial charge in [0.1, 0.15) is 5.39 Å². The molecule has 0 aliphatic carbocycles. The lowest BCUT2D eigenvalue weighted by Crippen LogP contribution is -2.22. The number of nitrogens with one attached hydrogen (secondary N) is 1. The van der Waals surface area contributed by atoms with Gasteiger partial charge in [-0.05, 0) is 18.6 Å². The second kappa shape index (κ2) is 8.00. The molecule has 0 bridgehead atoms. The van der Waals surface area contributed by atoms with Gasteiger partial charge >= 0.3 is 0 Å². The number of hydrogen-bond acceptors (Lipinski definition) is 7. The molecule has 10 heteroatoms. The second-order valence-electron chi connectivity index (χ2n) is 6.63. The molecule has 29 heavy (non-hydrogen) atoms. The fourth-order valence-corrected chi connectivity index (χ4v) is 3.21. The van der Waals surface area contributed by atoms with Crippen molar-refractivity contribution < 1.29 is 4.21 Å². The first-order valence-corrected chi connectivity index (χ1v) is 11.3. The molecule has 0 unspecified atom stereocenters. The van der Waals surface area contributed by atoms with Crippen molar-refractivity contribution in [3.63, 3.8) is 0 Å². The highest BCUT2D eigenvalue weighted by atomic mass is 32.2. The molecular weight excluding hydrogens is 390 g/mol. The summed E-state index contributed by atoms with van der Waals surface area (Å²) in [5, 5.41) is 3.37. The average molecular weight is 414 g/mol. The van der Waals surface area contributed by atoms with Gasteiger partial charge in [-0.25, -0.2) is 23.5 Å². The molecular formula is C19H23N7O2S. The van der Waals surface area contributed by atoms with E-state index in [1.807, 2.05) is 6.92 Å². The molecule has 0 fully saturated rings. The van der Waals surface area contributed by atoms with Crippen LogP contribution in [0.1, 0.15) is 13.3 Å². The Kier molecular flexibility index (Phi) is 5.64. The fourth-order valence-electron chi connectivity index (χ4n) is 2.66. The third-order valence-electron chi connectivity index (χ3n) is 3.94. The highest BCUT2D eigenvalue weighted by Crippen LogP contribution is 2.19. The lowest BCUT2D eigenvalue weighted by molar-refractivity contribution is 0.597. The van der Waals surface area contributed by atoms with E-state index >= 15 is 0 Å². The monoisotopic (exact) mass is 413 g/mol. The molecule has 0 amide bonds. The van der Waals surface area contributed by atoms with Gasteiger partial charge in [0, 0.05) is 34.1 Å². The van der Waals surface area contributed by atoms with Crippen LogP contribution in [-0.2, 0) is 16.3 Å². The highest BCUT2D eigenvalue weighted by molar-refractivity contribution is 7.92. The standard InChI is InChI=1S/C19H23N7O2S/c1-6-11-25-18(27)14-12-20-19(21-13(3)7-2)23-17(14)26(25)16-10-8-9-15(22-16)24-29(4,5)28/h6,8-10,12H,1,3,7,11H2,2,4-5H3,(H,20,21,23). The first-order chi connectivity index (χ1) is 13.7. The van der Waals surface area contributed by atoms with Gasteiger partial charge in [-0.2, -0.15) is 9.35 Å². The summed E-state index contributed by atoms with van der Waals surface area (Å²) in [5.41, 5.74) is 0.875. The van der Waals surface area contributed by atoms with Crippen molar-refractivity contribution >= 4 is 32.5 Å². The average Bonchev–Trinajstić information content (AvgIpc) is 2.92. The van der Waals surface area contributed by atoms with Crippen molar-refractivity contribution in [1.29, 1.82) is 0 Å². The van der Waals surface area contributed by atoms with E-state index in [1.54, 1.807) is 29.0 Å². The maximum atomic E-state index is 12.9. The molecule has 0 atom stereocenters. The van der Waals surface area contributed by atoms with Gasteiger partial charge < -0.3 is 5.32 Å². The first kappa shape index (κ1) is 20.5. The fraction of sp³-hybridized carbons (Fsp3) is 0.263. The van der Waals surface area contributed by atoms with E-state index in [2.05, 4.69) is 37.8 Å². The van der Waals surface area contributed by atoms with Crippen molar-refractivity contribution in [1.82, 2.24) is 24.3 Å². The molecule has 0 radical (unpaired) electrons. The molecule has 0 saturated heterocycles. The molecule has 0 spiro atoms. The number of fused-ring (bicyclic) bond motifs is 1. The minimum absolute atomic E-state index is 0.251. The third kappa shape index (κ3) is 4.43. The van der Waals surface area contributed by atoms with Gasteiger partial charge in [-0.15, -0.1) is 6.58 Å². The number of nitrogens with zero attached hydrogens (tertiary/aromatic N) is 6. The zero-order valence-electron chi connectivity index (χ0n) is 16.6. The van der Waals surface area contributed by atoms with Crippen molar-refractivity contribution in [2.75, 3.05) is 17.8 Å². The van der Waals surface area contributed by atoms with E-state index in [1.165, 1.54) is 23.4 Å². The lowest BCUT2D eigenvalue weighted by atomic mass is 10.4. The van der Waals surface area contributed by atoms with Crippen LogP contribution in [-0.4, -0.2) is 41.0 Å². The molecule has 3 aromatic rings. The Morgan fingerprint density at radius 1 is 1.34 bits per heavy atom. The smallest absolute Gasteiger partial charge is 0.278 e. The van der Waals surface area contributed by atoms with Crippen LogP contribution < -0.4 is 10.9 Å². The van der Waals surface area contributed by atoms with Crippen molar-refractivity contribution in [2.45, 2.75) is 19.9 Å². The summed E-state index contributed by atoms with van der Waals surface area (Å²) < 4.78 is 19.2. The Morgan fingerprint density at radius 2 is 2.10 bits per heavy atom. The Balaban J connectivity index is 2.28. The summed E-state index contributed by atoms with van der Waals surface area (Å²) in [7, 11) is -2.38. The van der Waals surface area contributed by atoms with Crippen LogP contribution in [0.2, 0.25) is 0 Å². The molecule has 0 aromatic carbocycles. The number of hydrogen-bond donors (Lipinski definition) is 1. The maximum absolute atomic E-state index is 12.9. The van der Waals surface area contributed by atoms with E-state index in [9.17, 15) is 9.00 Å². The van der Waals surface area contributed by atoms with Crippen LogP contribution in [0, 0.1) is 0 Å². The molecule has 0 aliphatic rings. The minimum Gasteiger partial charge on any atom is -0.328 e. The predicted octanol–water partition coefficient (Wildman–Crippen LogP) is 2.86. The second-order valence-corrected chi connectivity index (χ2v) is 9.17. The molecule has 9 nitrogen and oxygen atoms in total.